The van der Waals surface area contributed by atoms with Crippen molar-refractivity contribution in [3.05, 3.63) is 65.6 Å². The average molecular weight is 519 g/mol. The second-order valence-corrected chi connectivity index (χ2v) is 12.2. The number of hydrogen-bond donors (Lipinski definition) is 0. The highest BCUT2D eigenvalue weighted by Gasteiger charge is 2.29. The number of hydrogen-bond acceptors (Lipinski definition) is 8. The molecule has 2 aromatic carbocycles. The van der Waals surface area contributed by atoms with E-state index in [9.17, 15) is 21.2 Å². The van der Waals surface area contributed by atoms with Gasteiger partial charge in [0.1, 0.15) is 11.3 Å². The lowest BCUT2D eigenvalue weighted by molar-refractivity contribution is 0.458. The lowest BCUT2D eigenvalue weighted by Crippen LogP contribution is -2.28. The molecule has 2 aromatic heterocycles. The summed E-state index contributed by atoms with van der Waals surface area (Å²) in [5.41, 5.74) is 1.89. The van der Waals surface area contributed by atoms with Crippen molar-refractivity contribution in [2.75, 3.05) is 17.6 Å². The van der Waals surface area contributed by atoms with Crippen LogP contribution >= 0.6 is 0 Å². The first-order valence-corrected chi connectivity index (χ1v) is 14.1. The molecule has 9 nitrogen and oxygen atoms in total. The highest BCUT2D eigenvalue weighted by molar-refractivity contribution is 7.92. The third-order valence-electron chi connectivity index (χ3n) is 5.35. The average Bonchev–Trinajstić information content (AvgIpc) is 3.24. The summed E-state index contributed by atoms with van der Waals surface area (Å²) in [5.74, 6) is -1.46. The number of fused-ring (bicyclic) bond motifs is 1. The number of halogens is 1. The summed E-state index contributed by atoms with van der Waals surface area (Å²) in [6.45, 7) is 3.60. The largest absolute Gasteiger partial charge is 0.428 e. The van der Waals surface area contributed by atoms with Gasteiger partial charge in [0.25, 0.3) is 0 Å². The SMILES string of the molecule is CC(C)c1nc(N(C)S(C)(=O)=O)nc(-c2ccc(F)cc2)c1CS(=O)(=O)c1nc2ccccc2o1. The Hall–Kier alpha value is -3.38. The van der Waals surface area contributed by atoms with Crippen LogP contribution in [0.5, 0.6) is 0 Å². The second-order valence-electron chi connectivity index (χ2n) is 8.33. The molecule has 4 aromatic rings. The summed E-state index contributed by atoms with van der Waals surface area (Å²) >= 11 is 0. The Balaban J connectivity index is 1.94. The molecule has 0 spiro atoms. The number of oxazole rings is 1. The van der Waals surface area contributed by atoms with Crippen molar-refractivity contribution in [3.63, 3.8) is 0 Å². The summed E-state index contributed by atoms with van der Waals surface area (Å²) in [6, 6.07) is 12.0. The van der Waals surface area contributed by atoms with Gasteiger partial charge in [-0.3, -0.25) is 0 Å². The van der Waals surface area contributed by atoms with Crippen LogP contribution in [0.1, 0.15) is 31.0 Å². The fourth-order valence-electron chi connectivity index (χ4n) is 3.48. The monoisotopic (exact) mass is 518 g/mol. The Kier molecular flexibility index (Phi) is 6.36. The van der Waals surface area contributed by atoms with Gasteiger partial charge >= 0.3 is 5.22 Å². The molecule has 0 aliphatic heterocycles. The summed E-state index contributed by atoms with van der Waals surface area (Å²) < 4.78 is 71.1. The van der Waals surface area contributed by atoms with Crippen LogP contribution in [0, 0.1) is 5.82 Å². The minimum Gasteiger partial charge on any atom is -0.428 e. The van der Waals surface area contributed by atoms with Crippen LogP contribution in [-0.2, 0) is 25.6 Å². The number of aromatic nitrogens is 3. The van der Waals surface area contributed by atoms with Gasteiger partial charge in [-0.25, -0.2) is 35.5 Å². The Labute approximate surface area is 202 Å². The van der Waals surface area contributed by atoms with Gasteiger partial charge < -0.3 is 4.42 Å². The molecule has 0 saturated heterocycles. The maximum atomic E-state index is 13.6. The van der Waals surface area contributed by atoms with E-state index in [1.54, 1.807) is 38.1 Å². The first-order chi connectivity index (χ1) is 16.4. The first kappa shape index (κ1) is 24.7. The maximum Gasteiger partial charge on any atom is 0.316 e. The van der Waals surface area contributed by atoms with Crippen LogP contribution in [0.25, 0.3) is 22.4 Å². The van der Waals surface area contributed by atoms with E-state index >= 15 is 0 Å². The van der Waals surface area contributed by atoms with Gasteiger partial charge in [0, 0.05) is 18.2 Å². The predicted molar refractivity (Wildman–Crippen MR) is 130 cm³/mol. The Morgan fingerprint density at radius 1 is 0.971 bits per heavy atom. The Morgan fingerprint density at radius 3 is 2.23 bits per heavy atom. The van der Waals surface area contributed by atoms with Crippen LogP contribution in [0.4, 0.5) is 10.3 Å². The summed E-state index contributed by atoms with van der Waals surface area (Å²) in [7, 11) is -6.50. The second kappa shape index (κ2) is 9.00. The third kappa shape index (κ3) is 5.03. The van der Waals surface area contributed by atoms with Crippen LogP contribution in [0.2, 0.25) is 0 Å². The van der Waals surface area contributed by atoms with Crippen molar-refractivity contribution in [3.8, 4) is 11.3 Å². The fourth-order valence-corrected chi connectivity index (χ4v) is 5.10. The molecule has 12 heteroatoms. The number of sulfone groups is 1. The van der Waals surface area contributed by atoms with E-state index in [2.05, 4.69) is 15.0 Å². The number of para-hydroxylation sites is 2. The zero-order valence-electron chi connectivity index (χ0n) is 19.4. The van der Waals surface area contributed by atoms with E-state index in [1.165, 1.54) is 31.3 Å². The van der Waals surface area contributed by atoms with Crippen molar-refractivity contribution in [2.24, 2.45) is 0 Å². The summed E-state index contributed by atoms with van der Waals surface area (Å²) in [4.78, 5) is 12.9. The van der Waals surface area contributed by atoms with Gasteiger partial charge in [0.05, 0.1) is 23.4 Å². The van der Waals surface area contributed by atoms with Crippen LogP contribution < -0.4 is 4.31 Å². The van der Waals surface area contributed by atoms with Gasteiger partial charge in [-0.05, 0) is 42.3 Å². The van der Waals surface area contributed by atoms with E-state index in [0.717, 1.165) is 10.6 Å². The highest BCUT2D eigenvalue weighted by Crippen LogP contribution is 2.33. The molecule has 0 aliphatic carbocycles. The maximum absolute atomic E-state index is 13.6. The Bertz CT molecular complexity index is 1580. The third-order valence-corrected chi connectivity index (χ3v) is 7.88. The van der Waals surface area contributed by atoms with Gasteiger partial charge in [-0.1, -0.05) is 26.0 Å². The number of anilines is 1. The molecular formula is C23H23FN4O5S2. The lowest BCUT2D eigenvalue weighted by Gasteiger charge is -2.21. The van der Waals surface area contributed by atoms with Gasteiger partial charge in [0.2, 0.25) is 25.8 Å². The molecule has 0 atom stereocenters. The Morgan fingerprint density at radius 2 is 1.63 bits per heavy atom. The molecule has 35 heavy (non-hydrogen) atoms. The van der Waals surface area contributed by atoms with Gasteiger partial charge in [-0.2, -0.15) is 4.98 Å². The number of sulfonamides is 1. The molecule has 2 heterocycles. The van der Waals surface area contributed by atoms with E-state index in [1.807, 2.05) is 0 Å². The molecule has 0 unspecified atom stereocenters. The zero-order valence-corrected chi connectivity index (χ0v) is 21.1. The van der Waals surface area contributed by atoms with E-state index in [0.29, 0.717) is 22.4 Å². The first-order valence-electron chi connectivity index (χ1n) is 10.6. The van der Waals surface area contributed by atoms with Gasteiger partial charge in [0.15, 0.2) is 5.58 Å². The smallest absolute Gasteiger partial charge is 0.316 e. The van der Waals surface area contributed by atoms with E-state index in [-0.39, 0.29) is 23.1 Å². The predicted octanol–water partition coefficient (Wildman–Crippen LogP) is 3.92. The number of benzene rings is 2. The standard InChI is InChI=1S/C23H23FN4O5S2/c1-14(2)20-17(13-35(31,32)23-25-18-7-5-6-8-19(18)33-23)21(15-9-11-16(24)12-10-15)27-22(26-20)28(3)34(4,29)30/h5-12,14H,13H2,1-4H3. The molecule has 0 fully saturated rings. The molecule has 0 amide bonds. The van der Waals surface area contributed by atoms with E-state index in [4.69, 9.17) is 4.42 Å². The van der Waals surface area contributed by atoms with Crippen molar-refractivity contribution in [1.82, 2.24) is 15.0 Å². The van der Waals surface area contributed by atoms with Crippen molar-refractivity contribution in [1.29, 1.82) is 0 Å². The quantitative estimate of drug-likeness (QED) is 0.361. The molecule has 184 valence electrons. The minimum atomic E-state index is -4.10. The molecule has 0 saturated carbocycles. The van der Waals surface area contributed by atoms with Crippen molar-refractivity contribution >= 4 is 36.9 Å². The van der Waals surface area contributed by atoms with E-state index < -0.39 is 36.7 Å². The lowest BCUT2D eigenvalue weighted by atomic mass is 9.99. The zero-order chi connectivity index (χ0) is 25.5. The number of rotatable bonds is 7. The van der Waals surface area contributed by atoms with Crippen molar-refractivity contribution < 1.29 is 25.6 Å². The van der Waals surface area contributed by atoms with Crippen LogP contribution in [0.15, 0.2) is 58.2 Å². The molecular weight excluding hydrogens is 495 g/mol. The minimum absolute atomic E-state index is 0.126. The summed E-state index contributed by atoms with van der Waals surface area (Å²) in [6.07, 6.45) is 1.01. The van der Waals surface area contributed by atoms with Gasteiger partial charge in [-0.15, -0.1) is 0 Å². The summed E-state index contributed by atoms with van der Waals surface area (Å²) in [5, 5.41) is -0.448. The van der Waals surface area contributed by atoms with Crippen molar-refractivity contribution in [2.45, 2.75) is 30.7 Å². The topological polar surface area (TPSA) is 123 Å². The molecule has 0 N–H and O–H groups in total. The molecule has 0 bridgehead atoms. The van der Waals surface area contributed by atoms with Crippen LogP contribution in [-0.4, -0.2) is 45.1 Å². The number of nitrogens with zero attached hydrogens (tertiary/aromatic N) is 4. The highest BCUT2D eigenvalue weighted by atomic mass is 32.2. The molecule has 0 radical (unpaired) electrons. The molecule has 4 rings (SSSR count). The normalized spacial score (nSPS) is 12.4. The molecule has 0 aliphatic rings. The fraction of sp³-hybridized carbons (Fsp3) is 0.261. The van der Waals surface area contributed by atoms with Crippen LogP contribution in [0.3, 0.4) is 0 Å².